The number of hydrogen-bond acceptors (Lipinski definition) is 4. The number of rotatable bonds is 7. The van der Waals surface area contributed by atoms with Gasteiger partial charge in [-0.15, -0.1) is 0 Å². The van der Waals surface area contributed by atoms with Crippen molar-refractivity contribution in [3.63, 3.8) is 0 Å². The molecule has 118 valence electrons. The van der Waals surface area contributed by atoms with Crippen LogP contribution in [0, 0.1) is 13.8 Å². The molecule has 0 saturated carbocycles. The van der Waals surface area contributed by atoms with E-state index in [4.69, 9.17) is 15.4 Å². The Balaban J connectivity index is 2.84. The number of methoxy groups -OCH3 is 1. The third-order valence-corrected chi connectivity index (χ3v) is 4.65. The van der Waals surface area contributed by atoms with Crippen LogP contribution in [0.4, 0.5) is 0 Å². The van der Waals surface area contributed by atoms with Crippen molar-refractivity contribution in [1.29, 1.82) is 0 Å². The molecule has 0 radical (unpaired) electrons. The Bertz CT molecular complexity index is 614. The number of carbonyl (C=O) groups is 1. The van der Waals surface area contributed by atoms with Gasteiger partial charge in [-0.25, -0.2) is 8.42 Å². The maximum Gasteiger partial charge on any atom is 0.261 e. The first kappa shape index (κ1) is 17.9. The summed E-state index contributed by atoms with van der Waals surface area (Å²) >= 11 is 0. The van der Waals surface area contributed by atoms with Gasteiger partial charge in [0.05, 0.1) is 4.90 Å². The monoisotopic (exact) mass is 333 g/mol. The zero-order valence-electron chi connectivity index (χ0n) is 12.4. The van der Waals surface area contributed by atoms with E-state index in [-0.39, 0.29) is 10.8 Å². The van der Waals surface area contributed by atoms with Crippen LogP contribution < -0.4 is 5.32 Å². The summed E-state index contributed by atoms with van der Waals surface area (Å²) in [4.78, 5) is 12.0. The van der Waals surface area contributed by atoms with Gasteiger partial charge in [0.1, 0.15) is 0 Å². The molecule has 1 N–H and O–H groups in total. The second-order valence-electron chi connectivity index (χ2n) is 4.81. The van der Waals surface area contributed by atoms with E-state index in [1.165, 1.54) is 6.07 Å². The molecule has 0 aliphatic carbocycles. The highest BCUT2D eigenvalue weighted by atomic mass is 35.7. The molecule has 1 amide bonds. The molecule has 0 atom stereocenters. The molecule has 0 saturated heterocycles. The highest BCUT2D eigenvalue weighted by molar-refractivity contribution is 8.13. The molecule has 0 bridgehead atoms. The number of unbranched alkanes of at least 4 members (excludes halogenated alkanes) is 1. The van der Waals surface area contributed by atoms with Gasteiger partial charge in [-0.05, 0) is 49.9 Å². The van der Waals surface area contributed by atoms with Crippen LogP contribution in [0.15, 0.2) is 17.0 Å². The zero-order valence-corrected chi connectivity index (χ0v) is 14.0. The molecule has 0 aliphatic heterocycles. The van der Waals surface area contributed by atoms with Crippen molar-refractivity contribution in [2.75, 3.05) is 20.3 Å². The minimum absolute atomic E-state index is 0.0197. The second kappa shape index (κ2) is 7.77. The first-order valence-corrected chi connectivity index (χ1v) is 8.91. The third kappa shape index (κ3) is 5.30. The largest absolute Gasteiger partial charge is 0.385 e. The lowest BCUT2D eigenvalue weighted by Gasteiger charge is -2.10. The van der Waals surface area contributed by atoms with Crippen LogP contribution in [-0.4, -0.2) is 34.6 Å². The standard InChI is InChI=1S/C14H20ClNO4S/c1-10-8-12(9-13(11(10)2)21(15,18)19)14(17)16-6-4-5-7-20-3/h8-9H,4-7H2,1-3H3,(H,16,17). The fraction of sp³-hybridized carbons (Fsp3) is 0.500. The summed E-state index contributed by atoms with van der Waals surface area (Å²) in [7, 11) is 3.16. The lowest BCUT2D eigenvalue weighted by Crippen LogP contribution is -2.25. The highest BCUT2D eigenvalue weighted by Crippen LogP contribution is 2.24. The number of ether oxygens (including phenoxy) is 1. The normalized spacial score (nSPS) is 11.4. The number of hydrogen-bond donors (Lipinski definition) is 1. The lowest BCUT2D eigenvalue weighted by molar-refractivity contribution is 0.0951. The molecule has 7 heteroatoms. The average molecular weight is 334 g/mol. The van der Waals surface area contributed by atoms with Crippen molar-refractivity contribution in [2.45, 2.75) is 31.6 Å². The summed E-state index contributed by atoms with van der Waals surface area (Å²) in [5.74, 6) is -0.308. The molecule has 1 aromatic carbocycles. The Labute approximate surface area is 130 Å². The molecule has 0 aliphatic rings. The Morgan fingerprint density at radius 2 is 1.95 bits per heavy atom. The van der Waals surface area contributed by atoms with Gasteiger partial charge < -0.3 is 10.1 Å². The number of carbonyl (C=O) groups excluding carboxylic acids is 1. The molecule has 21 heavy (non-hydrogen) atoms. The van der Waals surface area contributed by atoms with E-state index in [0.29, 0.717) is 29.8 Å². The van der Waals surface area contributed by atoms with Crippen LogP contribution in [0.3, 0.4) is 0 Å². The van der Waals surface area contributed by atoms with Crippen molar-refractivity contribution in [3.05, 3.63) is 28.8 Å². The first-order valence-electron chi connectivity index (χ1n) is 6.60. The van der Waals surface area contributed by atoms with Crippen LogP contribution in [0.5, 0.6) is 0 Å². The second-order valence-corrected chi connectivity index (χ2v) is 7.34. The fourth-order valence-corrected chi connectivity index (χ4v) is 3.16. The Morgan fingerprint density at radius 3 is 2.52 bits per heavy atom. The van der Waals surface area contributed by atoms with Gasteiger partial charge in [0.15, 0.2) is 0 Å². The number of amides is 1. The van der Waals surface area contributed by atoms with Crippen LogP contribution in [0.25, 0.3) is 0 Å². The highest BCUT2D eigenvalue weighted by Gasteiger charge is 2.18. The van der Waals surface area contributed by atoms with Gasteiger partial charge in [-0.1, -0.05) is 0 Å². The lowest BCUT2D eigenvalue weighted by atomic mass is 10.1. The van der Waals surface area contributed by atoms with Crippen molar-refractivity contribution < 1.29 is 17.9 Å². The SMILES string of the molecule is COCCCCNC(=O)c1cc(C)c(C)c(S(=O)(=O)Cl)c1. The molecule has 0 unspecified atom stereocenters. The number of benzene rings is 1. The third-order valence-electron chi connectivity index (χ3n) is 3.21. The summed E-state index contributed by atoms with van der Waals surface area (Å²) < 4.78 is 28.0. The Kier molecular flexibility index (Phi) is 6.64. The number of aryl methyl sites for hydroxylation is 1. The molecule has 0 aromatic heterocycles. The predicted molar refractivity (Wildman–Crippen MR) is 82.4 cm³/mol. The van der Waals surface area contributed by atoms with E-state index in [2.05, 4.69) is 5.32 Å². The van der Waals surface area contributed by atoms with E-state index in [9.17, 15) is 13.2 Å². The molecular weight excluding hydrogens is 314 g/mol. The molecule has 5 nitrogen and oxygen atoms in total. The van der Waals surface area contributed by atoms with Gasteiger partial charge in [0.25, 0.3) is 15.0 Å². The minimum atomic E-state index is -3.87. The molecule has 0 fully saturated rings. The first-order chi connectivity index (χ1) is 9.77. The van der Waals surface area contributed by atoms with Crippen molar-refractivity contribution in [1.82, 2.24) is 5.32 Å². The minimum Gasteiger partial charge on any atom is -0.385 e. The van der Waals surface area contributed by atoms with Gasteiger partial charge >= 0.3 is 0 Å². The van der Waals surface area contributed by atoms with Crippen LogP contribution in [0.2, 0.25) is 0 Å². The topological polar surface area (TPSA) is 72.5 Å². The molecular formula is C14H20ClNO4S. The van der Waals surface area contributed by atoms with Crippen molar-refractivity contribution in [2.24, 2.45) is 0 Å². The quantitative estimate of drug-likeness (QED) is 0.614. The molecule has 1 rings (SSSR count). The maximum absolute atomic E-state index is 12.0. The van der Waals surface area contributed by atoms with E-state index in [1.807, 2.05) is 0 Å². The van der Waals surface area contributed by atoms with Crippen molar-refractivity contribution >= 4 is 25.6 Å². The van der Waals surface area contributed by atoms with E-state index >= 15 is 0 Å². The zero-order chi connectivity index (χ0) is 16.0. The summed E-state index contributed by atoms with van der Waals surface area (Å²) in [6.07, 6.45) is 1.65. The average Bonchev–Trinajstić information content (AvgIpc) is 2.39. The molecule has 0 spiro atoms. The summed E-state index contributed by atoms with van der Waals surface area (Å²) in [6, 6.07) is 2.97. The van der Waals surface area contributed by atoms with Gasteiger partial charge in [-0.3, -0.25) is 4.79 Å². The smallest absolute Gasteiger partial charge is 0.261 e. The van der Waals surface area contributed by atoms with Crippen LogP contribution >= 0.6 is 10.7 Å². The van der Waals surface area contributed by atoms with Crippen molar-refractivity contribution in [3.8, 4) is 0 Å². The summed E-state index contributed by atoms with van der Waals surface area (Å²) in [6.45, 7) is 4.57. The Hall–Kier alpha value is -1.11. The fourth-order valence-electron chi connectivity index (χ4n) is 1.89. The Morgan fingerprint density at radius 1 is 1.29 bits per heavy atom. The van der Waals surface area contributed by atoms with E-state index in [0.717, 1.165) is 12.8 Å². The maximum atomic E-state index is 12.0. The number of halogens is 1. The molecule has 1 aromatic rings. The van der Waals surface area contributed by atoms with E-state index < -0.39 is 9.05 Å². The number of nitrogens with one attached hydrogen (secondary N) is 1. The van der Waals surface area contributed by atoms with Gasteiger partial charge in [-0.2, -0.15) is 0 Å². The van der Waals surface area contributed by atoms with E-state index in [1.54, 1.807) is 27.0 Å². The van der Waals surface area contributed by atoms with Gasteiger partial charge in [0.2, 0.25) is 0 Å². The predicted octanol–water partition coefficient (Wildman–Crippen LogP) is 2.39. The van der Waals surface area contributed by atoms with Crippen LogP contribution in [0.1, 0.15) is 34.3 Å². The summed E-state index contributed by atoms with van der Waals surface area (Å²) in [5, 5.41) is 2.75. The van der Waals surface area contributed by atoms with Gasteiger partial charge in [0, 0.05) is 36.5 Å². The molecule has 0 heterocycles. The summed E-state index contributed by atoms with van der Waals surface area (Å²) in [5.41, 5.74) is 1.56. The van der Waals surface area contributed by atoms with Crippen LogP contribution in [-0.2, 0) is 13.8 Å².